The summed E-state index contributed by atoms with van der Waals surface area (Å²) < 4.78 is 0. The lowest BCUT2D eigenvalue weighted by Crippen LogP contribution is -2.21. The highest BCUT2D eigenvalue weighted by molar-refractivity contribution is 7.20. The minimum Gasteiger partial charge on any atom is -0.366 e. The Morgan fingerprint density at radius 2 is 1.80 bits per heavy atom. The van der Waals surface area contributed by atoms with Gasteiger partial charge >= 0.3 is 6.03 Å². The van der Waals surface area contributed by atoms with Crippen LogP contribution in [0.1, 0.15) is 10.4 Å². The Bertz CT molecular complexity index is 700. The number of thiophene rings is 1. The minimum atomic E-state index is -0.768. The number of hydrogen-bond acceptors (Lipinski definition) is 3. The van der Waals surface area contributed by atoms with Crippen LogP contribution < -0.4 is 16.8 Å². The van der Waals surface area contributed by atoms with Crippen molar-refractivity contribution in [2.24, 2.45) is 11.5 Å². The SMILES string of the molecule is NC(=O)Nc1sc(-c2ccc(Cl)c(Cl)c2)cc1C(N)=O. The van der Waals surface area contributed by atoms with E-state index in [-0.39, 0.29) is 5.56 Å². The molecule has 0 spiro atoms. The molecule has 0 aliphatic carbocycles. The molecule has 3 amide bonds. The van der Waals surface area contributed by atoms with Crippen LogP contribution in [0, 0.1) is 0 Å². The van der Waals surface area contributed by atoms with Crippen molar-refractivity contribution in [3.8, 4) is 10.4 Å². The highest BCUT2D eigenvalue weighted by Gasteiger charge is 2.16. The van der Waals surface area contributed by atoms with Gasteiger partial charge in [-0.15, -0.1) is 11.3 Å². The van der Waals surface area contributed by atoms with Gasteiger partial charge in [-0.2, -0.15) is 0 Å². The van der Waals surface area contributed by atoms with Crippen LogP contribution in [0.15, 0.2) is 24.3 Å². The van der Waals surface area contributed by atoms with Crippen LogP contribution in [0.4, 0.5) is 9.80 Å². The van der Waals surface area contributed by atoms with Crippen LogP contribution in [0.3, 0.4) is 0 Å². The van der Waals surface area contributed by atoms with E-state index in [0.29, 0.717) is 19.9 Å². The van der Waals surface area contributed by atoms with Crippen LogP contribution in [0.2, 0.25) is 10.0 Å². The van der Waals surface area contributed by atoms with Crippen molar-refractivity contribution in [3.63, 3.8) is 0 Å². The van der Waals surface area contributed by atoms with Gasteiger partial charge in [-0.1, -0.05) is 29.3 Å². The molecule has 2 rings (SSSR count). The van der Waals surface area contributed by atoms with E-state index in [9.17, 15) is 9.59 Å². The van der Waals surface area contributed by atoms with Gasteiger partial charge in [-0.05, 0) is 23.8 Å². The molecule has 0 aliphatic rings. The van der Waals surface area contributed by atoms with Crippen molar-refractivity contribution < 1.29 is 9.59 Å². The van der Waals surface area contributed by atoms with E-state index in [0.717, 1.165) is 5.56 Å². The maximum Gasteiger partial charge on any atom is 0.317 e. The average molecular weight is 330 g/mol. The Kier molecular flexibility index (Phi) is 4.17. The molecule has 5 nitrogen and oxygen atoms in total. The number of benzene rings is 1. The average Bonchev–Trinajstić information content (AvgIpc) is 2.76. The van der Waals surface area contributed by atoms with Gasteiger partial charge in [0.05, 0.1) is 15.6 Å². The highest BCUT2D eigenvalue weighted by atomic mass is 35.5. The number of primary amides is 2. The summed E-state index contributed by atoms with van der Waals surface area (Å²) in [6.07, 6.45) is 0. The van der Waals surface area contributed by atoms with E-state index >= 15 is 0 Å². The number of carbonyl (C=O) groups excluding carboxylic acids is 2. The van der Waals surface area contributed by atoms with E-state index < -0.39 is 11.9 Å². The number of nitrogens with one attached hydrogen (secondary N) is 1. The number of anilines is 1. The Morgan fingerprint density at radius 3 is 2.35 bits per heavy atom. The van der Waals surface area contributed by atoms with E-state index in [4.69, 9.17) is 34.7 Å². The summed E-state index contributed by atoms with van der Waals surface area (Å²) in [7, 11) is 0. The fourth-order valence-corrected chi connectivity index (χ4v) is 2.93. The van der Waals surface area contributed by atoms with Crippen molar-refractivity contribution in [3.05, 3.63) is 39.9 Å². The Balaban J connectivity index is 2.49. The summed E-state index contributed by atoms with van der Waals surface area (Å²) in [6.45, 7) is 0. The number of carbonyl (C=O) groups is 2. The highest BCUT2D eigenvalue weighted by Crippen LogP contribution is 2.37. The van der Waals surface area contributed by atoms with Crippen molar-refractivity contribution >= 4 is 51.5 Å². The summed E-state index contributed by atoms with van der Waals surface area (Å²) in [6, 6.07) is 5.85. The first-order chi connectivity index (χ1) is 9.38. The van der Waals surface area contributed by atoms with Crippen LogP contribution in [-0.2, 0) is 0 Å². The number of urea groups is 1. The maximum atomic E-state index is 11.4. The second kappa shape index (κ2) is 5.70. The molecule has 0 aliphatic heterocycles. The quantitative estimate of drug-likeness (QED) is 0.804. The molecular formula is C12H9Cl2N3O2S. The van der Waals surface area contributed by atoms with E-state index in [1.807, 2.05) is 0 Å². The number of rotatable bonds is 3. The van der Waals surface area contributed by atoms with Gasteiger partial charge in [-0.3, -0.25) is 10.1 Å². The summed E-state index contributed by atoms with van der Waals surface area (Å²) in [5.41, 5.74) is 11.3. The lowest BCUT2D eigenvalue weighted by Gasteiger charge is -2.00. The molecule has 8 heteroatoms. The maximum absolute atomic E-state index is 11.4. The first kappa shape index (κ1) is 14.6. The van der Waals surface area contributed by atoms with E-state index in [2.05, 4.69) is 5.32 Å². The third kappa shape index (κ3) is 3.04. The zero-order valence-corrected chi connectivity index (χ0v) is 12.3. The lowest BCUT2D eigenvalue weighted by atomic mass is 10.1. The van der Waals surface area contributed by atoms with E-state index in [1.54, 1.807) is 24.3 Å². The zero-order chi connectivity index (χ0) is 14.9. The molecule has 0 unspecified atom stereocenters. The third-order valence-electron chi connectivity index (χ3n) is 2.44. The molecule has 0 radical (unpaired) electrons. The van der Waals surface area contributed by atoms with Crippen LogP contribution >= 0.6 is 34.5 Å². The fourth-order valence-electron chi connectivity index (χ4n) is 1.57. The van der Waals surface area contributed by atoms with Crippen LogP contribution in [0.25, 0.3) is 10.4 Å². The molecule has 1 aromatic heterocycles. The fraction of sp³-hybridized carbons (Fsp3) is 0. The molecule has 0 fully saturated rings. The molecule has 5 N–H and O–H groups in total. The van der Waals surface area contributed by atoms with Crippen molar-refractivity contribution in [2.45, 2.75) is 0 Å². The van der Waals surface area contributed by atoms with Crippen LogP contribution in [-0.4, -0.2) is 11.9 Å². The van der Waals surface area contributed by atoms with Gasteiger partial charge in [0.15, 0.2) is 0 Å². The summed E-state index contributed by atoms with van der Waals surface area (Å²) in [4.78, 5) is 23.0. The van der Waals surface area contributed by atoms with Gasteiger partial charge in [-0.25, -0.2) is 4.79 Å². The first-order valence-electron chi connectivity index (χ1n) is 5.34. The summed E-state index contributed by atoms with van der Waals surface area (Å²) in [5.74, 6) is -0.656. The molecule has 0 bridgehead atoms. The molecule has 1 aromatic carbocycles. The number of hydrogen-bond donors (Lipinski definition) is 3. The molecule has 0 saturated carbocycles. The molecular weight excluding hydrogens is 321 g/mol. The Labute approximate surface area is 128 Å². The zero-order valence-electron chi connectivity index (χ0n) is 9.94. The van der Waals surface area contributed by atoms with Crippen molar-refractivity contribution in [1.29, 1.82) is 0 Å². The molecule has 0 saturated heterocycles. The van der Waals surface area contributed by atoms with Gasteiger partial charge in [0, 0.05) is 4.88 Å². The molecule has 0 atom stereocenters. The monoisotopic (exact) mass is 329 g/mol. The van der Waals surface area contributed by atoms with Crippen molar-refractivity contribution in [1.82, 2.24) is 0 Å². The lowest BCUT2D eigenvalue weighted by molar-refractivity contribution is 0.100. The number of halogens is 2. The molecule has 1 heterocycles. The molecule has 104 valence electrons. The third-order valence-corrected chi connectivity index (χ3v) is 4.28. The topological polar surface area (TPSA) is 98.2 Å². The van der Waals surface area contributed by atoms with Crippen LogP contribution in [0.5, 0.6) is 0 Å². The summed E-state index contributed by atoms with van der Waals surface area (Å²) in [5, 5.41) is 3.49. The van der Waals surface area contributed by atoms with Gasteiger partial charge < -0.3 is 11.5 Å². The summed E-state index contributed by atoms with van der Waals surface area (Å²) >= 11 is 13.0. The predicted molar refractivity (Wildman–Crippen MR) is 81.5 cm³/mol. The first-order valence-corrected chi connectivity index (χ1v) is 6.91. The van der Waals surface area contributed by atoms with Gasteiger partial charge in [0.25, 0.3) is 5.91 Å². The molecule has 20 heavy (non-hydrogen) atoms. The molecule has 2 aromatic rings. The smallest absolute Gasteiger partial charge is 0.317 e. The van der Waals surface area contributed by atoms with Gasteiger partial charge in [0.1, 0.15) is 5.00 Å². The standard InChI is InChI=1S/C12H9Cl2N3O2S/c13-7-2-1-5(3-8(7)14)9-4-6(10(15)18)11(20-9)17-12(16)19/h1-4H,(H2,15,18)(H3,16,17,19). The Hall–Kier alpha value is -1.76. The van der Waals surface area contributed by atoms with Crippen molar-refractivity contribution in [2.75, 3.05) is 5.32 Å². The number of nitrogens with two attached hydrogens (primary N) is 2. The second-order valence-corrected chi connectivity index (χ2v) is 5.70. The largest absolute Gasteiger partial charge is 0.366 e. The van der Waals surface area contributed by atoms with E-state index in [1.165, 1.54) is 11.3 Å². The van der Waals surface area contributed by atoms with Gasteiger partial charge in [0.2, 0.25) is 0 Å². The predicted octanol–water partition coefficient (Wildman–Crippen LogP) is 3.31. The second-order valence-electron chi connectivity index (χ2n) is 3.84. The normalized spacial score (nSPS) is 10.3. The number of amides is 3. The Morgan fingerprint density at radius 1 is 1.10 bits per heavy atom. The minimum absolute atomic E-state index is 0.190.